The summed E-state index contributed by atoms with van der Waals surface area (Å²) in [7, 11) is 0. The number of carbonyl (C=O) groups is 3. The lowest BCUT2D eigenvalue weighted by Gasteiger charge is -2.21. The molecule has 0 atom stereocenters. The fourth-order valence-corrected chi connectivity index (χ4v) is 3.51. The van der Waals surface area contributed by atoms with E-state index in [0.717, 1.165) is 24.3 Å². The first kappa shape index (κ1) is 16.3. The van der Waals surface area contributed by atoms with Gasteiger partial charge in [-0.15, -0.1) is 0 Å². The number of carbonyl (C=O) groups excluding carboxylic acids is 3. The molecule has 0 aliphatic carbocycles. The molecule has 2 heterocycles. The minimum Gasteiger partial charge on any atom is -0.382 e. The van der Waals surface area contributed by atoms with Crippen LogP contribution in [0.4, 0.5) is 11.4 Å². The van der Waals surface area contributed by atoms with Crippen LogP contribution >= 0.6 is 0 Å². The molecule has 2 aromatic rings. The highest BCUT2D eigenvalue weighted by molar-refractivity contribution is 6.21. The summed E-state index contributed by atoms with van der Waals surface area (Å²) in [4.78, 5) is 39.9. The molecule has 1 N–H and O–H groups in total. The van der Waals surface area contributed by atoms with Gasteiger partial charge in [-0.25, -0.2) is 0 Å². The number of benzene rings is 2. The number of amides is 3. The molecule has 26 heavy (non-hydrogen) atoms. The van der Waals surface area contributed by atoms with Crippen LogP contribution in [-0.2, 0) is 4.79 Å². The molecule has 2 aliphatic rings. The molecule has 2 aliphatic heterocycles. The van der Waals surface area contributed by atoms with Crippen LogP contribution in [0.3, 0.4) is 0 Å². The highest BCUT2D eigenvalue weighted by Crippen LogP contribution is 2.29. The first-order valence-corrected chi connectivity index (χ1v) is 8.75. The van der Waals surface area contributed by atoms with Crippen molar-refractivity contribution in [1.29, 1.82) is 0 Å². The van der Waals surface area contributed by atoms with E-state index in [-0.39, 0.29) is 24.3 Å². The van der Waals surface area contributed by atoms with Gasteiger partial charge in [0.1, 0.15) is 0 Å². The molecule has 0 spiro atoms. The summed E-state index contributed by atoms with van der Waals surface area (Å²) < 4.78 is 0. The number of imide groups is 1. The topological polar surface area (TPSA) is 69.7 Å². The number of para-hydroxylation sites is 2. The Morgan fingerprint density at radius 3 is 2.19 bits per heavy atom. The Bertz CT molecular complexity index is 858. The molecule has 6 heteroatoms. The van der Waals surface area contributed by atoms with Gasteiger partial charge < -0.3 is 10.2 Å². The molecule has 0 unspecified atom stereocenters. The number of anilines is 2. The Morgan fingerprint density at radius 2 is 1.54 bits per heavy atom. The van der Waals surface area contributed by atoms with Gasteiger partial charge in [-0.2, -0.15) is 0 Å². The summed E-state index contributed by atoms with van der Waals surface area (Å²) in [6.07, 6.45) is 1.44. The fraction of sp³-hybridized carbons (Fsp3) is 0.250. The molecule has 4 rings (SSSR count). The van der Waals surface area contributed by atoms with Crippen molar-refractivity contribution in [1.82, 2.24) is 4.90 Å². The van der Waals surface area contributed by atoms with Gasteiger partial charge in [-0.1, -0.05) is 24.3 Å². The second-order valence-corrected chi connectivity index (χ2v) is 6.40. The van der Waals surface area contributed by atoms with Gasteiger partial charge in [0, 0.05) is 26.1 Å². The van der Waals surface area contributed by atoms with Gasteiger partial charge in [0.25, 0.3) is 11.8 Å². The van der Waals surface area contributed by atoms with Gasteiger partial charge in [0.05, 0.1) is 22.5 Å². The Balaban J connectivity index is 1.44. The Hall–Kier alpha value is -3.15. The molecule has 0 aromatic heterocycles. The van der Waals surface area contributed by atoms with Crippen LogP contribution in [0.2, 0.25) is 0 Å². The Morgan fingerprint density at radius 1 is 0.885 bits per heavy atom. The van der Waals surface area contributed by atoms with E-state index < -0.39 is 0 Å². The fourth-order valence-electron chi connectivity index (χ4n) is 3.51. The summed E-state index contributed by atoms with van der Waals surface area (Å²) in [5.41, 5.74) is 2.60. The highest BCUT2D eigenvalue weighted by atomic mass is 16.2. The van der Waals surface area contributed by atoms with Crippen molar-refractivity contribution in [2.75, 3.05) is 29.9 Å². The lowest BCUT2D eigenvalue weighted by atomic mass is 10.1. The smallest absolute Gasteiger partial charge is 0.261 e. The normalized spacial score (nSPS) is 16.4. The quantitative estimate of drug-likeness (QED) is 0.842. The SMILES string of the molecule is O=C1c2ccccc2C(=O)N1CCNc1ccccc1N1CCCC1=O. The van der Waals surface area contributed by atoms with Crippen molar-refractivity contribution >= 4 is 29.1 Å². The zero-order valence-electron chi connectivity index (χ0n) is 14.3. The molecule has 2 aromatic carbocycles. The summed E-state index contributed by atoms with van der Waals surface area (Å²) in [5, 5.41) is 3.27. The molecule has 0 radical (unpaired) electrons. The van der Waals surface area contributed by atoms with E-state index in [9.17, 15) is 14.4 Å². The maximum Gasteiger partial charge on any atom is 0.261 e. The number of hydrogen-bond acceptors (Lipinski definition) is 4. The van der Waals surface area contributed by atoms with E-state index in [0.29, 0.717) is 24.1 Å². The summed E-state index contributed by atoms with van der Waals surface area (Å²) >= 11 is 0. The molecule has 1 fully saturated rings. The maximum atomic E-state index is 12.4. The third-order valence-electron chi connectivity index (χ3n) is 4.80. The molecule has 1 saturated heterocycles. The van der Waals surface area contributed by atoms with Crippen molar-refractivity contribution in [3.63, 3.8) is 0 Å². The highest BCUT2D eigenvalue weighted by Gasteiger charge is 2.34. The van der Waals surface area contributed by atoms with Gasteiger partial charge in [-0.05, 0) is 30.7 Å². The van der Waals surface area contributed by atoms with Gasteiger partial charge in [-0.3, -0.25) is 19.3 Å². The summed E-state index contributed by atoms with van der Waals surface area (Å²) in [6.45, 7) is 1.41. The van der Waals surface area contributed by atoms with Crippen molar-refractivity contribution < 1.29 is 14.4 Å². The third kappa shape index (κ3) is 2.73. The molecule has 0 saturated carbocycles. The monoisotopic (exact) mass is 349 g/mol. The van der Waals surface area contributed by atoms with E-state index in [4.69, 9.17) is 0 Å². The average Bonchev–Trinajstić information content (AvgIpc) is 3.19. The third-order valence-corrected chi connectivity index (χ3v) is 4.80. The predicted octanol–water partition coefficient (Wildman–Crippen LogP) is 2.52. The molecular weight excluding hydrogens is 330 g/mol. The standard InChI is InChI=1S/C20H19N3O3/c24-18-10-5-12-22(18)17-9-4-3-8-16(17)21-11-13-23-19(25)14-6-1-2-7-15(14)20(23)26/h1-4,6-9,21H,5,10-13H2. The van der Waals surface area contributed by atoms with E-state index in [1.54, 1.807) is 29.2 Å². The van der Waals surface area contributed by atoms with Gasteiger partial charge >= 0.3 is 0 Å². The minimum absolute atomic E-state index is 0.125. The van der Waals surface area contributed by atoms with Crippen LogP contribution in [0.5, 0.6) is 0 Å². The van der Waals surface area contributed by atoms with Crippen molar-refractivity contribution in [3.05, 3.63) is 59.7 Å². The lowest BCUT2D eigenvalue weighted by Crippen LogP contribution is -2.34. The van der Waals surface area contributed by atoms with Crippen LogP contribution < -0.4 is 10.2 Å². The minimum atomic E-state index is -0.254. The predicted molar refractivity (Wildman–Crippen MR) is 98.3 cm³/mol. The first-order valence-electron chi connectivity index (χ1n) is 8.75. The van der Waals surface area contributed by atoms with Crippen molar-refractivity contribution in [3.8, 4) is 0 Å². The van der Waals surface area contributed by atoms with Crippen LogP contribution in [0.25, 0.3) is 0 Å². The molecule has 3 amide bonds. The number of rotatable bonds is 5. The zero-order valence-corrected chi connectivity index (χ0v) is 14.3. The van der Waals surface area contributed by atoms with Crippen molar-refractivity contribution in [2.24, 2.45) is 0 Å². The van der Waals surface area contributed by atoms with E-state index >= 15 is 0 Å². The lowest BCUT2D eigenvalue weighted by molar-refractivity contribution is -0.117. The number of nitrogens with one attached hydrogen (secondary N) is 1. The van der Waals surface area contributed by atoms with Crippen LogP contribution in [-0.4, -0.2) is 42.3 Å². The van der Waals surface area contributed by atoms with E-state index in [2.05, 4.69) is 5.32 Å². The van der Waals surface area contributed by atoms with Crippen LogP contribution in [0.15, 0.2) is 48.5 Å². The molecule has 6 nitrogen and oxygen atoms in total. The Kier molecular flexibility index (Phi) is 4.16. The van der Waals surface area contributed by atoms with Gasteiger partial charge in [0.15, 0.2) is 0 Å². The summed E-state index contributed by atoms with van der Waals surface area (Å²) in [6, 6.07) is 14.5. The van der Waals surface area contributed by atoms with Crippen molar-refractivity contribution in [2.45, 2.75) is 12.8 Å². The first-order chi connectivity index (χ1) is 12.7. The number of fused-ring (bicyclic) bond motifs is 1. The largest absolute Gasteiger partial charge is 0.382 e. The van der Waals surface area contributed by atoms with E-state index in [1.165, 1.54) is 4.90 Å². The summed E-state index contributed by atoms with van der Waals surface area (Å²) in [5.74, 6) is -0.384. The number of hydrogen-bond donors (Lipinski definition) is 1. The number of nitrogens with zero attached hydrogens (tertiary/aromatic N) is 2. The van der Waals surface area contributed by atoms with Crippen LogP contribution in [0, 0.1) is 0 Å². The second kappa shape index (κ2) is 6.63. The van der Waals surface area contributed by atoms with Crippen LogP contribution in [0.1, 0.15) is 33.6 Å². The molecule has 132 valence electrons. The van der Waals surface area contributed by atoms with Gasteiger partial charge in [0.2, 0.25) is 5.91 Å². The van der Waals surface area contributed by atoms with E-state index in [1.807, 2.05) is 24.3 Å². The Labute approximate surface area is 151 Å². The zero-order chi connectivity index (χ0) is 18.1. The molecular formula is C20H19N3O3. The average molecular weight is 349 g/mol. The second-order valence-electron chi connectivity index (χ2n) is 6.40. The maximum absolute atomic E-state index is 12.4. The molecule has 0 bridgehead atoms.